The van der Waals surface area contributed by atoms with E-state index in [9.17, 15) is 4.79 Å². The van der Waals surface area contributed by atoms with Gasteiger partial charge in [-0.3, -0.25) is 4.79 Å². The van der Waals surface area contributed by atoms with Crippen LogP contribution in [-0.2, 0) is 4.79 Å². The zero-order valence-corrected chi connectivity index (χ0v) is 9.61. The quantitative estimate of drug-likeness (QED) is 0.764. The zero-order chi connectivity index (χ0) is 10.8. The molecule has 0 spiro atoms. The Balaban J connectivity index is 1.76. The highest BCUT2D eigenvalue weighted by Crippen LogP contribution is 2.28. The molecule has 2 aliphatic rings. The molecule has 3 atom stereocenters. The molecule has 1 aliphatic heterocycles. The van der Waals surface area contributed by atoms with Gasteiger partial charge in [0.2, 0.25) is 5.91 Å². The summed E-state index contributed by atoms with van der Waals surface area (Å²) in [5, 5.41) is 0. The minimum Gasteiger partial charge on any atom is -0.342 e. The summed E-state index contributed by atoms with van der Waals surface area (Å²) < 4.78 is 0. The van der Waals surface area contributed by atoms with Crippen LogP contribution < -0.4 is 5.73 Å². The monoisotopic (exact) mass is 210 g/mol. The van der Waals surface area contributed by atoms with E-state index in [4.69, 9.17) is 5.73 Å². The standard InChI is InChI=1S/C12H22N2O/c1-9-7-12(15)14(8-9)6-5-10-3-2-4-11(10)13/h9-11H,2-8,13H2,1H3. The Morgan fingerprint density at radius 1 is 1.47 bits per heavy atom. The van der Waals surface area contributed by atoms with Crippen LogP contribution in [0.2, 0.25) is 0 Å². The lowest BCUT2D eigenvalue weighted by atomic mass is 10.0. The minimum atomic E-state index is 0.342. The molecule has 3 heteroatoms. The van der Waals surface area contributed by atoms with Crippen molar-refractivity contribution in [2.24, 2.45) is 17.6 Å². The van der Waals surface area contributed by atoms with Gasteiger partial charge in [0.1, 0.15) is 0 Å². The molecule has 0 aromatic rings. The summed E-state index contributed by atoms with van der Waals surface area (Å²) in [7, 11) is 0. The fraction of sp³-hybridized carbons (Fsp3) is 0.917. The van der Waals surface area contributed by atoms with E-state index in [1.165, 1.54) is 19.3 Å². The molecular formula is C12H22N2O. The van der Waals surface area contributed by atoms with Gasteiger partial charge in [-0.1, -0.05) is 13.3 Å². The topological polar surface area (TPSA) is 46.3 Å². The molecular weight excluding hydrogens is 188 g/mol. The molecule has 2 N–H and O–H groups in total. The number of rotatable bonds is 3. The maximum absolute atomic E-state index is 11.6. The molecule has 0 aromatic carbocycles. The fourth-order valence-corrected chi connectivity index (χ4v) is 2.93. The predicted octanol–water partition coefficient (Wildman–Crippen LogP) is 1.37. The Morgan fingerprint density at radius 2 is 2.27 bits per heavy atom. The number of hydrogen-bond donors (Lipinski definition) is 1. The molecule has 0 bridgehead atoms. The van der Waals surface area contributed by atoms with E-state index >= 15 is 0 Å². The van der Waals surface area contributed by atoms with Crippen LogP contribution in [0.4, 0.5) is 0 Å². The normalized spacial score (nSPS) is 36.5. The highest BCUT2D eigenvalue weighted by Gasteiger charge is 2.29. The Hall–Kier alpha value is -0.570. The Kier molecular flexibility index (Phi) is 3.29. The zero-order valence-electron chi connectivity index (χ0n) is 9.61. The average molecular weight is 210 g/mol. The van der Waals surface area contributed by atoms with Crippen LogP contribution >= 0.6 is 0 Å². The van der Waals surface area contributed by atoms with Gasteiger partial charge < -0.3 is 10.6 Å². The molecule has 15 heavy (non-hydrogen) atoms. The van der Waals surface area contributed by atoms with E-state index < -0.39 is 0 Å². The summed E-state index contributed by atoms with van der Waals surface area (Å²) >= 11 is 0. The molecule has 3 nitrogen and oxygen atoms in total. The number of carbonyl (C=O) groups is 1. The summed E-state index contributed by atoms with van der Waals surface area (Å²) in [6.07, 6.45) is 5.57. The van der Waals surface area contributed by atoms with Crippen LogP contribution in [0.3, 0.4) is 0 Å². The van der Waals surface area contributed by atoms with Gasteiger partial charge in [0.05, 0.1) is 0 Å². The lowest BCUT2D eigenvalue weighted by Gasteiger charge is -2.20. The summed E-state index contributed by atoms with van der Waals surface area (Å²) in [5.74, 6) is 1.55. The van der Waals surface area contributed by atoms with Gasteiger partial charge in [-0.25, -0.2) is 0 Å². The first-order valence-electron chi connectivity index (χ1n) is 6.20. The van der Waals surface area contributed by atoms with Crippen LogP contribution in [-0.4, -0.2) is 29.9 Å². The molecule has 0 radical (unpaired) electrons. The van der Waals surface area contributed by atoms with Crippen molar-refractivity contribution in [1.82, 2.24) is 4.90 Å². The van der Waals surface area contributed by atoms with Crippen molar-refractivity contribution in [3.05, 3.63) is 0 Å². The lowest BCUT2D eigenvalue weighted by Crippen LogP contribution is -2.31. The second kappa shape index (κ2) is 4.52. The molecule has 2 rings (SSSR count). The average Bonchev–Trinajstić information content (AvgIpc) is 2.70. The number of amides is 1. The van der Waals surface area contributed by atoms with Crippen LogP contribution in [0.25, 0.3) is 0 Å². The van der Waals surface area contributed by atoms with Crippen LogP contribution in [0.1, 0.15) is 39.0 Å². The Bertz CT molecular complexity index is 242. The molecule has 1 heterocycles. The van der Waals surface area contributed by atoms with E-state index in [0.717, 1.165) is 25.9 Å². The number of hydrogen-bond acceptors (Lipinski definition) is 2. The highest BCUT2D eigenvalue weighted by atomic mass is 16.2. The van der Waals surface area contributed by atoms with E-state index in [1.54, 1.807) is 0 Å². The lowest BCUT2D eigenvalue weighted by molar-refractivity contribution is -0.127. The summed E-state index contributed by atoms with van der Waals surface area (Å²) in [6.45, 7) is 4.04. The summed E-state index contributed by atoms with van der Waals surface area (Å²) in [5.41, 5.74) is 6.02. The van der Waals surface area contributed by atoms with E-state index in [2.05, 4.69) is 6.92 Å². The molecule has 1 aliphatic carbocycles. The van der Waals surface area contributed by atoms with E-state index in [0.29, 0.717) is 23.8 Å². The minimum absolute atomic E-state index is 0.342. The van der Waals surface area contributed by atoms with E-state index in [-0.39, 0.29) is 0 Å². The van der Waals surface area contributed by atoms with Gasteiger partial charge in [-0.2, -0.15) is 0 Å². The fourth-order valence-electron chi connectivity index (χ4n) is 2.93. The van der Waals surface area contributed by atoms with Crippen molar-refractivity contribution in [1.29, 1.82) is 0 Å². The third-order valence-electron chi connectivity index (χ3n) is 3.90. The largest absolute Gasteiger partial charge is 0.342 e. The van der Waals surface area contributed by atoms with Crippen molar-refractivity contribution >= 4 is 5.91 Å². The predicted molar refractivity (Wildman–Crippen MR) is 60.3 cm³/mol. The van der Waals surface area contributed by atoms with Crippen molar-refractivity contribution in [3.8, 4) is 0 Å². The van der Waals surface area contributed by atoms with Crippen LogP contribution in [0, 0.1) is 11.8 Å². The Labute approximate surface area is 92.0 Å². The second-order valence-corrected chi connectivity index (χ2v) is 5.29. The van der Waals surface area contributed by atoms with Crippen molar-refractivity contribution in [3.63, 3.8) is 0 Å². The highest BCUT2D eigenvalue weighted by molar-refractivity contribution is 5.78. The molecule has 1 saturated carbocycles. The number of likely N-dealkylation sites (tertiary alicyclic amines) is 1. The number of nitrogens with zero attached hydrogens (tertiary/aromatic N) is 1. The first-order valence-corrected chi connectivity index (χ1v) is 6.20. The molecule has 86 valence electrons. The SMILES string of the molecule is CC1CC(=O)N(CCC2CCCC2N)C1. The third-order valence-corrected chi connectivity index (χ3v) is 3.90. The van der Waals surface area contributed by atoms with Gasteiger partial charge in [0, 0.05) is 25.6 Å². The van der Waals surface area contributed by atoms with Crippen molar-refractivity contribution in [2.45, 2.75) is 45.1 Å². The maximum Gasteiger partial charge on any atom is 0.222 e. The van der Waals surface area contributed by atoms with Crippen molar-refractivity contribution < 1.29 is 4.79 Å². The summed E-state index contributed by atoms with van der Waals surface area (Å²) in [6, 6.07) is 0.389. The first-order chi connectivity index (χ1) is 7.16. The van der Waals surface area contributed by atoms with Crippen LogP contribution in [0.15, 0.2) is 0 Å². The number of nitrogens with two attached hydrogens (primary N) is 1. The Morgan fingerprint density at radius 3 is 2.80 bits per heavy atom. The van der Waals surface area contributed by atoms with Gasteiger partial charge in [0.25, 0.3) is 0 Å². The van der Waals surface area contributed by atoms with Crippen LogP contribution in [0.5, 0.6) is 0 Å². The van der Waals surface area contributed by atoms with Gasteiger partial charge in [-0.15, -0.1) is 0 Å². The van der Waals surface area contributed by atoms with Crippen molar-refractivity contribution in [2.75, 3.05) is 13.1 Å². The van der Waals surface area contributed by atoms with Gasteiger partial charge >= 0.3 is 0 Å². The smallest absolute Gasteiger partial charge is 0.222 e. The number of carbonyl (C=O) groups excluding carboxylic acids is 1. The second-order valence-electron chi connectivity index (χ2n) is 5.29. The first kappa shape index (κ1) is 10.9. The molecule has 1 saturated heterocycles. The maximum atomic E-state index is 11.6. The molecule has 3 unspecified atom stereocenters. The van der Waals surface area contributed by atoms with E-state index in [1.807, 2.05) is 4.90 Å². The molecule has 1 amide bonds. The molecule has 0 aromatic heterocycles. The third kappa shape index (κ3) is 2.51. The molecule has 2 fully saturated rings. The summed E-state index contributed by atoms with van der Waals surface area (Å²) in [4.78, 5) is 13.6. The van der Waals surface area contributed by atoms with Gasteiger partial charge in [0.15, 0.2) is 0 Å². The van der Waals surface area contributed by atoms with Gasteiger partial charge in [-0.05, 0) is 31.1 Å².